The highest BCUT2D eigenvalue weighted by Gasteiger charge is 2.14. The highest BCUT2D eigenvalue weighted by atomic mass is 35.5. The van der Waals surface area contributed by atoms with Gasteiger partial charge in [-0.25, -0.2) is 0 Å². The van der Waals surface area contributed by atoms with Crippen LogP contribution in [-0.2, 0) is 6.42 Å². The lowest BCUT2D eigenvalue weighted by atomic mass is 10.0. The molecule has 0 amide bonds. The number of aliphatic hydroxyl groups is 1. The molecule has 0 saturated carbocycles. The van der Waals surface area contributed by atoms with Gasteiger partial charge in [0.05, 0.1) is 13.2 Å². The van der Waals surface area contributed by atoms with Gasteiger partial charge in [-0.3, -0.25) is 0 Å². The minimum Gasteiger partial charge on any atom is -0.496 e. The Labute approximate surface area is 109 Å². The molecule has 1 N–H and O–H groups in total. The SMILES string of the molecule is COc1ccc(Cl)cc1C(O)Cc1ccsc1. The molecule has 1 heterocycles. The molecule has 0 spiro atoms. The molecule has 0 aliphatic rings. The third kappa shape index (κ3) is 3.00. The molecule has 1 unspecified atom stereocenters. The van der Waals surface area contributed by atoms with Gasteiger partial charge in [-0.05, 0) is 40.6 Å². The van der Waals surface area contributed by atoms with Crippen LogP contribution in [0, 0.1) is 0 Å². The number of hydrogen-bond donors (Lipinski definition) is 1. The highest BCUT2D eigenvalue weighted by molar-refractivity contribution is 7.07. The van der Waals surface area contributed by atoms with Crippen molar-refractivity contribution >= 4 is 22.9 Å². The van der Waals surface area contributed by atoms with Crippen LogP contribution in [0.2, 0.25) is 5.02 Å². The molecular weight excluding hydrogens is 256 g/mol. The molecule has 0 bridgehead atoms. The van der Waals surface area contributed by atoms with Crippen LogP contribution in [0.3, 0.4) is 0 Å². The maximum Gasteiger partial charge on any atom is 0.124 e. The van der Waals surface area contributed by atoms with Gasteiger partial charge in [-0.1, -0.05) is 11.6 Å². The summed E-state index contributed by atoms with van der Waals surface area (Å²) in [7, 11) is 1.59. The van der Waals surface area contributed by atoms with Crippen molar-refractivity contribution in [3.63, 3.8) is 0 Å². The Kier molecular flexibility index (Phi) is 4.05. The maximum absolute atomic E-state index is 10.2. The molecule has 2 nitrogen and oxygen atoms in total. The fourth-order valence-corrected chi connectivity index (χ4v) is 2.57. The molecular formula is C13H13ClO2S. The summed E-state index contributed by atoms with van der Waals surface area (Å²) in [6.45, 7) is 0. The van der Waals surface area contributed by atoms with Gasteiger partial charge in [-0.15, -0.1) is 0 Å². The van der Waals surface area contributed by atoms with E-state index in [0.29, 0.717) is 17.2 Å². The van der Waals surface area contributed by atoms with Crippen LogP contribution in [-0.4, -0.2) is 12.2 Å². The first-order valence-corrected chi connectivity index (χ1v) is 6.55. The van der Waals surface area contributed by atoms with E-state index in [2.05, 4.69) is 0 Å². The number of aliphatic hydroxyl groups excluding tert-OH is 1. The summed E-state index contributed by atoms with van der Waals surface area (Å²) in [5.41, 5.74) is 1.84. The number of methoxy groups -OCH3 is 1. The molecule has 0 saturated heterocycles. The lowest BCUT2D eigenvalue weighted by Gasteiger charge is -2.14. The van der Waals surface area contributed by atoms with Crippen molar-refractivity contribution in [3.8, 4) is 5.75 Å². The fraction of sp³-hybridized carbons (Fsp3) is 0.231. The largest absolute Gasteiger partial charge is 0.496 e. The van der Waals surface area contributed by atoms with Gasteiger partial charge in [0.15, 0.2) is 0 Å². The zero-order valence-electron chi connectivity index (χ0n) is 9.39. The highest BCUT2D eigenvalue weighted by Crippen LogP contribution is 2.30. The van der Waals surface area contributed by atoms with E-state index < -0.39 is 6.10 Å². The van der Waals surface area contributed by atoms with Crippen molar-refractivity contribution in [2.24, 2.45) is 0 Å². The van der Waals surface area contributed by atoms with E-state index in [1.807, 2.05) is 16.8 Å². The number of ether oxygens (including phenoxy) is 1. The van der Waals surface area contributed by atoms with E-state index in [1.165, 1.54) is 0 Å². The Morgan fingerprint density at radius 2 is 2.24 bits per heavy atom. The average Bonchev–Trinajstić information content (AvgIpc) is 2.81. The summed E-state index contributed by atoms with van der Waals surface area (Å²) in [6, 6.07) is 7.28. The van der Waals surface area contributed by atoms with E-state index in [1.54, 1.807) is 36.6 Å². The molecule has 0 radical (unpaired) electrons. The van der Waals surface area contributed by atoms with Crippen molar-refractivity contribution in [2.45, 2.75) is 12.5 Å². The first kappa shape index (κ1) is 12.4. The molecule has 17 heavy (non-hydrogen) atoms. The van der Waals surface area contributed by atoms with Crippen LogP contribution in [0.15, 0.2) is 35.0 Å². The van der Waals surface area contributed by atoms with Crippen LogP contribution in [0.5, 0.6) is 5.75 Å². The van der Waals surface area contributed by atoms with Gasteiger partial charge in [0.25, 0.3) is 0 Å². The summed E-state index contributed by atoms with van der Waals surface area (Å²) in [6.07, 6.45) is -0.0292. The lowest BCUT2D eigenvalue weighted by molar-refractivity contribution is 0.174. The van der Waals surface area contributed by atoms with Gasteiger partial charge in [0, 0.05) is 17.0 Å². The topological polar surface area (TPSA) is 29.5 Å². The number of rotatable bonds is 4. The Hall–Kier alpha value is -1.03. The molecule has 1 aromatic carbocycles. The van der Waals surface area contributed by atoms with Crippen LogP contribution in [0.4, 0.5) is 0 Å². The molecule has 90 valence electrons. The first-order valence-electron chi connectivity index (χ1n) is 5.23. The summed E-state index contributed by atoms with van der Waals surface area (Å²) >= 11 is 7.56. The monoisotopic (exact) mass is 268 g/mol. The van der Waals surface area contributed by atoms with Crippen LogP contribution < -0.4 is 4.74 Å². The maximum atomic E-state index is 10.2. The second-order valence-corrected chi connectivity index (χ2v) is 4.95. The number of thiophene rings is 1. The zero-order valence-corrected chi connectivity index (χ0v) is 11.0. The molecule has 2 rings (SSSR count). The minimum absolute atomic E-state index is 0.570. The van der Waals surface area contributed by atoms with Gasteiger partial charge in [0.2, 0.25) is 0 Å². The second kappa shape index (κ2) is 5.54. The normalized spacial score (nSPS) is 12.4. The van der Waals surface area contributed by atoms with E-state index in [9.17, 15) is 5.11 Å². The van der Waals surface area contributed by atoms with Crippen LogP contribution in [0.1, 0.15) is 17.2 Å². The van der Waals surface area contributed by atoms with Gasteiger partial charge in [0.1, 0.15) is 5.75 Å². The predicted octanol–water partition coefficient (Wildman–Crippen LogP) is 3.69. The molecule has 4 heteroatoms. The summed E-state index contributed by atoms with van der Waals surface area (Å²) in [5, 5.41) is 14.8. The van der Waals surface area contributed by atoms with Crippen molar-refractivity contribution in [2.75, 3.05) is 7.11 Å². The molecule has 0 aliphatic carbocycles. The molecule has 2 aromatic rings. The molecule has 0 aliphatic heterocycles. The van der Waals surface area contributed by atoms with E-state index in [-0.39, 0.29) is 0 Å². The summed E-state index contributed by atoms with van der Waals surface area (Å²) in [4.78, 5) is 0. The average molecular weight is 269 g/mol. The molecule has 1 aromatic heterocycles. The second-order valence-electron chi connectivity index (χ2n) is 3.74. The van der Waals surface area contributed by atoms with Crippen molar-refractivity contribution < 1.29 is 9.84 Å². The predicted molar refractivity (Wildman–Crippen MR) is 71.0 cm³/mol. The summed E-state index contributed by atoms with van der Waals surface area (Å²) in [5.74, 6) is 0.664. The minimum atomic E-state index is -0.599. The van der Waals surface area contributed by atoms with E-state index in [0.717, 1.165) is 11.1 Å². The quantitative estimate of drug-likeness (QED) is 0.916. The first-order chi connectivity index (χ1) is 8.20. The van der Waals surface area contributed by atoms with Gasteiger partial charge in [-0.2, -0.15) is 11.3 Å². The number of benzene rings is 1. The third-order valence-corrected chi connectivity index (χ3v) is 3.53. The van der Waals surface area contributed by atoms with E-state index >= 15 is 0 Å². The van der Waals surface area contributed by atoms with Crippen molar-refractivity contribution in [1.29, 1.82) is 0 Å². The molecule has 1 atom stereocenters. The Morgan fingerprint density at radius 3 is 2.88 bits per heavy atom. The smallest absolute Gasteiger partial charge is 0.124 e. The number of hydrogen-bond acceptors (Lipinski definition) is 3. The van der Waals surface area contributed by atoms with Gasteiger partial charge >= 0.3 is 0 Å². The standard InChI is InChI=1S/C13H13ClO2S/c1-16-13-3-2-10(14)7-11(13)12(15)6-9-4-5-17-8-9/h2-5,7-8,12,15H,6H2,1H3. The van der Waals surface area contributed by atoms with E-state index in [4.69, 9.17) is 16.3 Å². The zero-order chi connectivity index (χ0) is 12.3. The van der Waals surface area contributed by atoms with Gasteiger partial charge < -0.3 is 9.84 Å². The lowest BCUT2D eigenvalue weighted by Crippen LogP contribution is -2.03. The molecule has 0 fully saturated rings. The Bertz CT molecular complexity index is 482. The summed E-state index contributed by atoms with van der Waals surface area (Å²) < 4.78 is 5.22. The Morgan fingerprint density at radius 1 is 1.41 bits per heavy atom. The van der Waals surface area contributed by atoms with Crippen LogP contribution >= 0.6 is 22.9 Å². The number of halogens is 1. The van der Waals surface area contributed by atoms with Crippen LogP contribution in [0.25, 0.3) is 0 Å². The Balaban J connectivity index is 2.23. The van der Waals surface area contributed by atoms with Crippen molar-refractivity contribution in [1.82, 2.24) is 0 Å². The fourth-order valence-electron chi connectivity index (χ4n) is 1.71. The third-order valence-electron chi connectivity index (χ3n) is 2.56. The van der Waals surface area contributed by atoms with Crippen molar-refractivity contribution in [3.05, 3.63) is 51.2 Å².